The molecular formula is C11H12Cl2N2O. The third kappa shape index (κ3) is 1.67. The van der Waals surface area contributed by atoms with E-state index in [4.69, 9.17) is 23.2 Å². The van der Waals surface area contributed by atoms with Gasteiger partial charge in [0.05, 0.1) is 23.1 Å². The molecular weight excluding hydrogens is 247 g/mol. The van der Waals surface area contributed by atoms with Gasteiger partial charge in [-0.2, -0.15) is 0 Å². The largest absolute Gasteiger partial charge is 0.386 e. The predicted molar refractivity (Wildman–Crippen MR) is 64.1 cm³/mol. The number of hydrogen-bond acceptors (Lipinski definition) is 3. The molecule has 0 aromatic carbocycles. The summed E-state index contributed by atoms with van der Waals surface area (Å²) in [6.45, 7) is 1.26. The van der Waals surface area contributed by atoms with Gasteiger partial charge in [0, 0.05) is 6.20 Å². The summed E-state index contributed by atoms with van der Waals surface area (Å²) in [5, 5.41) is 11.3. The van der Waals surface area contributed by atoms with Gasteiger partial charge in [0.15, 0.2) is 0 Å². The lowest BCUT2D eigenvalue weighted by Gasteiger charge is -2.47. The molecule has 5 heteroatoms. The summed E-state index contributed by atoms with van der Waals surface area (Å²) in [4.78, 5) is 6.19. The standard InChI is InChI=1S/C11H12Cl2N2O/c12-8-3-9(13)10(14-4-8)15-5-11(16,6-15)7-1-2-7/h3-4,7,16H,1-2,5-6H2. The maximum Gasteiger partial charge on any atom is 0.147 e. The van der Waals surface area contributed by atoms with Crippen molar-refractivity contribution in [2.45, 2.75) is 18.4 Å². The van der Waals surface area contributed by atoms with E-state index in [0.29, 0.717) is 29.1 Å². The Balaban J connectivity index is 1.75. The molecule has 1 aromatic heterocycles. The van der Waals surface area contributed by atoms with Gasteiger partial charge in [0.25, 0.3) is 0 Å². The Morgan fingerprint density at radius 3 is 2.62 bits per heavy atom. The lowest BCUT2D eigenvalue weighted by molar-refractivity contribution is -0.00972. The molecule has 1 aromatic rings. The van der Waals surface area contributed by atoms with Crippen LogP contribution >= 0.6 is 23.2 Å². The van der Waals surface area contributed by atoms with Crippen LogP contribution < -0.4 is 4.90 Å². The molecule has 0 radical (unpaired) electrons. The zero-order valence-corrected chi connectivity index (χ0v) is 10.2. The number of aliphatic hydroxyl groups is 1. The van der Waals surface area contributed by atoms with E-state index in [2.05, 4.69) is 4.98 Å². The van der Waals surface area contributed by atoms with Crippen LogP contribution in [0.5, 0.6) is 0 Å². The highest BCUT2D eigenvalue weighted by Crippen LogP contribution is 2.46. The zero-order valence-electron chi connectivity index (χ0n) is 8.66. The van der Waals surface area contributed by atoms with Crippen LogP contribution in [0.25, 0.3) is 0 Å². The molecule has 2 fully saturated rings. The Bertz CT molecular complexity index is 428. The van der Waals surface area contributed by atoms with Gasteiger partial charge in [-0.25, -0.2) is 4.98 Å². The smallest absolute Gasteiger partial charge is 0.147 e. The Morgan fingerprint density at radius 2 is 2.06 bits per heavy atom. The van der Waals surface area contributed by atoms with Crippen molar-refractivity contribution in [3.8, 4) is 0 Å². The fourth-order valence-corrected chi connectivity index (χ4v) is 2.78. The minimum atomic E-state index is -0.509. The third-order valence-electron chi connectivity index (χ3n) is 3.35. The van der Waals surface area contributed by atoms with Gasteiger partial charge in [-0.3, -0.25) is 0 Å². The number of anilines is 1. The Hall–Kier alpha value is -0.510. The molecule has 3 nitrogen and oxygen atoms in total. The van der Waals surface area contributed by atoms with Crippen LogP contribution in [0.2, 0.25) is 10.0 Å². The van der Waals surface area contributed by atoms with Crippen molar-refractivity contribution in [2.75, 3.05) is 18.0 Å². The molecule has 2 aliphatic rings. The first-order valence-corrected chi connectivity index (χ1v) is 6.12. The number of pyridine rings is 1. The highest BCUT2D eigenvalue weighted by molar-refractivity contribution is 6.36. The molecule has 1 saturated heterocycles. The first kappa shape index (κ1) is 10.6. The Kier molecular flexibility index (Phi) is 2.32. The van der Waals surface area contributed by atoms with Crippen LogP contribution in [-0.4, -0.2) is 28.8 Å². The van der Waals surface area contributed by atoms with Crippen molar-refractivity contribution in [3.63, 3.8) is 0 Å². The molecule has 1 N–H and O–H groups in total. The number of halogens is 2. The third-order valence-corrected chi connectivity index (χ3v) is 3.84. The molecule has 0 unspecified atom stereocenters. The summed E-state index contributed by atoms with van der Waals surface area (Å²) in [7, 11) is 0. The molecule has 0 bridgehead atoms. The summed E-state index contributed by atoms with van der Waals surface area (Å²) in [6.07, 6.45) is 3.87. The molecule has 2 heterocycles. The van der Waals surface area contributed by atoms with Gasteiger partial charge in [-0.05, 0) is 24.8 Å². The Morgan fingerprint density at radius 1 is 1.38 bits per heavy atom. The van der Waals surface area contributed by atoms with Crippen molar-refractivity contribution in [2.24, 2.45) is 5.92 Å². The van der Waals surface area contributed by atoms with E-state index in [-0.39, 0.29) is 0 Å². The topological polar surface area (TPSA) is 36.4 Å². The zero-order chi connectivity index (χ0) is 11.3. The van der Waals surface area contributed by atoms with E-state index in [1.54, 1.807) is 12.3 Å². The normalized spacial score (nSPS) is 23.1. The molecule has 16 heavy (non-hydrogen) atoms. The fraction of sp³-hybridized carbons (Fsp3) is 0.545. The number of rotatable bonds is 2. The van der Waals surface area contributed by atoms with Crippen LogP contribution in [0.4, 0.5) is 5.82 Å². The molecule has 3 rings (SSSR count). The summed E-state index contributed by atoms with van der Waals surface area (Å²) in [6, 6.07) is 1.68. The van der Waals surface area contributed by atoms with Crippen LogP contribution in [0.15, 0.2) is 12.3 Å². The van der Waals surface area contributed by atoms with Gasteiger partial charge in [0.2, 0.25) is 0 Å². The summed E-state index contributed by atoms with van der Waals surface area (Å²) >= 11 is 11.8. The minimum Gasteiger partial charge on any atom is -0.386 e. The molecule has 1 aliphatic heterocycles. The lowest BCUT2D eigenvalue weighted by Crippen LogP contribution is -2.63. The van der Waals surface area contributed by atoms with Gasteiger partial charge in [-0.15, -0.1) is 0 Å². The van der Waals surface area contributed by atoms with Crippen LogP contribution in [0.3, 0.4) is 0 Å². The molecule has 1 aliphatic carbocycles. The quantitative estimate of drug-likeness (QED) is 0.885. The second-order valence-electron chi connectivity index (χ2n) is 4.69. The molecule has 0 amide bonds. The van der Waals surface area contributed by atoms with Crippen LogP contribution in [0.1, 0.15) is 12.8 Å². The molecule has 0 atom stereocenters. The van der Waals surface area contributed by atoms with Gasteiger partial charge in [-0.1, -0.05) is 23.2 Å². The van der Waals surface area contributed by atoms with Crippen molar-refractivity contribution < 1.29 is 5.11 Å². The van der Waals surface area contributed by atoms with Crippen molar-refractivity contribution >= 4 is 29.0 Å². The monoisotopic (exact) mass is 258 g/mol. The first-order valence-electron chi connectivity index (χ1n) is 5.37. The van der Waals surface area contributed by atoms with Gasteiger partial charge >= 0.3 is 0 Å². The number of aromatic nitrogens is 1. The van der Waals surface area contributed by atoms with Crippen LogP contribution in [0, 0.1) is 5.92 Å². The second-order valence-corrected chi connectivity index (χ2v) is 5.54. The molecule has 0 spiro atoms. The van der Waals surface area contributed by atoms with E-state index >= 15 is 0 Å². The number of hydrogen-bond donors (Lipinski definition) is 1. The van der Waals surface area contributed by atoms with E-state index in [0.717, 1.165) is 18.7 Å². The van der Waals surface area contributed by atoms with Crippen molar-refractivity contribution in [3.05, 3.63) is 22.3 Å². The van der Waals surface area contributed by atoms with Gasteiger partial charge in [0.1, 0.15) is 11.4 Å². The summed E-state index contributed by atoms with van der Waals surface area (Å²) in [5.41, 5.74) is -0.509. The summed E-state index contributed by atoms with van der Waals surface area (Å²) in [5.74, 6) is 1.20. The maximum atomic E-state index is 10.2. The predicted octanol–water partition coefficient (Wildman–Crippen LogP) is 2.35. The minimum absolute atomic E-state index is 0.481. The fourth-order valence-electron chi connectivity index (χ4n) is 2.28. The van der Waals surface area contributed by atoms with Crippen molar-refractivity contribution in [1.82, 2.24) is 4.98 Å². The highest BCUT2D eigenvalue weighted by Gasteiger charge is 2.52. The number of β-amino-alcohol motifs (C(OH)–C–C–N with tert-alkyl or cyclic N) is 1. The first-order chi connectivity index (χ1) is 7.58. The average molecular weight is 259 g/mol. The summed E-state index contributed by atoms with van der Waals surface area (Å²) < 4.78 is 0. The van der Waals surface area contributed by atoms with E-state index in [1.807, 2.05) is 4.90 Å². The lowest BCUT2D eigenvalue weighted by atomic mass is 9.89. The van der Waals surface area contributed by atoms with E-state index < -0.39 is 5.60 Å². The Labute approximate surface area is 104 Å². The maximum absolute atomic E-state index is 10.2. The number of nitrogens with zero attached hydrogens (tertiary/aromatic N) is 2. The van der Waals surface area contributed by atoms with Crippen molar-refractivity contribution in [1.29, 1.82) is 0 Å². The van der Waals surface area contributed by atoms with Crippen LogP contribution in [-0.2, 0) is 0 Å². The molecule has 1 saturated carbocycles. The van der Waals surface area contributed by atoms with E-state index in [1.165, 1.54) is 0 Å². The van der Waals surface area contributed by atoms with E-state index in [9.17, 15) is 5.11 Å². The average Bonchev–Trinajstić information content (AvgIpc) is 2.97. The molecule has 86 valence electrons. The highest BCUT2D eigenvalue weighted by atomic mass is 35.5. The SMILES string of the molecule is OC1(C2CC2)CN(c2ncc(Cl)cc2Cl)C1. The van der Waals surface area contributed by atoms with Gasteiger partial charge < -0.3 is 10.0 Å². The second kappa shape index (κ2) is 3.49.